The number of rotatable bonds is 3. The quantitative estimate of drug-likeness (QED) is 0.761. The van der Waals surface area contributed by atoms with Gasteiger partial charge in [-0.25, -0.2) is 4.99 Å². The minimum atomic E-state index is -0.0267. The molecule has 136 valence electrons. The summed E-state index contributed by atoms with van der Waals surface area (Å²) in [5.41, 5.74) is 4.83. The van der Waals surface area contributed by atoms with E-state index in [0.717, 1.165) is 37.3 Å². The first kappa shape index (κ1) is 18.0. The Morgan fingerprint density at radius 3 is 2.60 bits per heavy atom. The molecule has 0 aromatic heterocycles. The van der Waals surface area contributed by atoms with Gasteiger partial charge in [-0.05, 0) is 64.5 Å². The normalized spacial score (nSPS) is 25.0. The zero-order chi connectivity index (χ0) is 18.0. The molecule has 3 rings (SSSR count). The molecule has 0 bridgehead atoms. The Kier molecular flexibility index (Phi) is 5.45. The molecule has 0 spiro atoms. The molecule has 0 amide bonds. The molecular weight excluding hydrogens is 312 g/mol. The van der Waals surface area contributed by atoms with E-state index in [9.17, 15) is 4.79 Å². The molecule has 0 aliphatic carbocycles. The lowest BCUT2D eigenvalue weighted by Crippen LogP contribution is -2.53. The van der Waals surface area contributed by atoms with E-state index in [4.69, 9.17) is 9.73 Å². The highest BCUT2D eigenvalue weighted by molar-refractivity contribution is 5.89. The highest BCUT2D eigenvalue weighted by Gasteiger charge is 2.40. The fourth-order valence-electron chi connectivity index (χ4n) is 4.44. The van der Waals surface area contributed by atoms with E-state index in [-0.39, 0.29) is 17.9 Å². The Bertz CT molecular complexity index is 657. The van der Waals surface area contributed by atoms with Crippen molar-refractivity contribution in [3.05, 3.63) is 28.8 Å². The second-order valence-corrected chi connectivity index (χ2v) is 7.43. The van der Waals surface area contributed by atoms with Crippen molar-refractivity contribution >= 4 is 17.5 Å². The van der Waals surface area contributed by atoms with Crippen LogP contribution in [-0.4, -0.2) is 35.9 Å². The lowest BCUT2D eigenvalue weighted by molar-refractivity contribution is -0.151. The van der Waals surface area contributed by atoms with Crippen LogP contribution in [0.1, 0.15) is 55.7 Å². The van der Waals surface area contributed by atoms with Gasteiger partial charge in [0.2, 0.25) is 0 Å². The van der Waals surface area contributed by atoms with E-state index >= 15 is 0 Å². The van der Waals surface area contributed by atoms with E-state index in [2.05, 4.69) is 37.8 Å². The van der Waals surface area contributed by atoms with Crippen LogP contribution in [0, 0.1) is 26.7 Å². The molecule has 1 aromatic rings. The maximum atomic E-state index is 12.4. The van der Waals surface area contributed by atoms with Gasteiger partial charge in [0.25, 0.3) is 0 Å². The first-order valence-corrected chi connectivity index (χ1v) is 9.60. The van der Waals surface area contributed by atoms with Gasteiger partial charge in [-0.2, -0.15) is 0 Å². The first-order chi connectivity index (χ1) is 12.0. The van der Waals surface area contributed by atoms with E-state index < -0.39 is 0 Å². The molecule has 2 aliphatic heterocycles. The number of aryl methyl sites for hydroxylation is 3. The van der Waals surface area contributed by atoms with Crippen LogP contribution in [-0.2, 0) is 9.53 Å². The van der Waals surface area contributed by atoms with Crippen LogP contribution in [0.5, 0.6) is 0 Å². The number of benzene rings is 1. The lowest BCUT2D eigenvalue weighted by Gasteiger charge is -2.45. The summed E-state index contributed by atoms with van der Waals surface area (Å²) in [6.45, 7) is 9.75. The van der Waals surface area contributed by atoms with Crippen molar-refractivity contribution in [2.75, 3.05) is 13.2 Å². The number of carbonyl (C=O) groups is 1. The molecule has 0 radical (unpaired) electrons. The number of esters is 1. The van der Waals surface area contributed by atoms with Gasteiger partial charge >= 0.3 is 5.97 Å². The molecule has 4 heteroatoms. The summed E-state index contributed by atoms with van der Waals surface area (Å²) >= 11 is 0. The number of ether oxygens (including phenoxy) is 1. The summed E-state index contributed by atoms with van der Waals surface area (Å²) in [5, 5.41) is 0. The third-order valence-corrected chi connectivity index (χ3v) is 5.49. The summed E-state index contributed by atoms with van der Waals surface area (Å²) in [5.74, 6) is 1.13. The summed E-state index contributed by atoms with van der Waals surface area (Å²) in [6, 6.07) is 4.65. The molecule has 0 N–H and O–H groups in total. The number of hydrogen-bond donors (Lipinski definition) is 0. The van der Waals surface area contributed by atoms with Gasteiger partial charge in [-0.15, -0.1) is 0 Å². The van der Waals surface area contributed by atoms with Crippen molar-refractivity contribution in [1.29, 1.82) is 0 Å². The zero-order valence-electron chi connectivity index (χ0n) is 16.0. The highest BCUT2D eigenvalue weighted by Crippen LogP contribution is 2.35. The summed E-state index contributed by atoms with van der Waals surface area (Å²) in [4.78, 5) is 19.8. The van der Waals surface area contributed by atoms with Crippen LogP contribution in [0.25, 0.3) is 0 Å². The molecule has 2 atom stereocenters. The second-order valence-electron chi connectivity index (χ2n) is 7.43. The Morgan fingerprint density at radius 1 is 1.20 bits per heavy atom. The SMILES string of the molecule is CCOC(=O)C1CCC(=Nc2c(C)cc(C)cc2C)N2CCCCC12. The number of hydrogen-bond acceptors (Lipinski definition) is 3. The van der Waals surface area contributed by atoms with Gasteiger partial charge in [0, 0.05) is 19.0 Å². The van der Waals surface area contributed by atoms with Gasteiger partial charge in [-0.1, -0.05) is 17.7 Å². The van der Waals surface area contributed by atoms with Gasteiger partial charge in [-0.3, -0.25) is 4.79 Å². The average Bonchev–Trinajstić information content (AvgIpc) is 2.58. The summed E-state index contributed by atoms with van der Waals surface area (Å²) < 4.78 is 5.33. The topological polar surface area (TPSA) is 41.9 Å². The predicted octanol–water partition coefficient (Wildman–Crippen LogP) is 4.47. The predicted molar refractivity (Wildman–Crippen MR) is 101 cm³/mol. The van der Waals surface area contributed by atoms with Gasteiger partial charge in [0.1, 0.15) is 5.84 Å². The van der Waals surface area contributed by atoms with Gasteiger partial charge in [0.15, 0.2) is 0 Å². The Labute approximate surface area is 151 Å². The molecule has 2 heterocycles. The summed E-state index contributed by atoms with van der Waals surface area (Å²) in [7, 11) is 0. The number of nitrogens with zero attached hydrogens (tertiary/aromatic N) is 2. The maximum absolute atomic E-state index is 12.4. The monoisotopic (exact) mass is 342 g/mol. The van der Waals surface area contributed by atoms with Crippen LogP contribution in [0.4, 0.5) is 5.69 Å². The molecular formula is C21H30N2O2. The number of fused-ring (bicyclic) bond motifs is 1. The van der Waals surface area contributed by atoms with Gasteiger partial charge in [0.05, 0.1) is 18.2 Å². The molecule has 2 unspecified atom stereocenters. The average molecular weight is 342 g/mol. The number of amidine groups is 1. The van der Waals surface area contributed by atoms with Crippen LogP contribution in [0.15, 0.2) is 17.1 Å². The first-order valence-electron chi connectivity index (χ1n) is 9.60. The number of aliphatic imine (C=N–C) groups is 1. The zero-order valence-corrected chi connectivity index (χ0v) is 16.0. The molecule has 1 aromatic carbocycles. The number of piperidine rings is 2. The standard InChI is InChI=1S/C21H30N2O2/c1-5-25-21(24)17-9-10-19(23-11-7-6-8-18(17)23)22-20-15(3)12-14(2)13-16(20)4/h12-13,17-18H,5-11H2,1-4H3. The molecule has 0 saturated carbocycles. The second kappa shape index (κ2) is 7.59. The number of carbonyl (C=O) groups excluding carboxylic acids is 1. The van der Waals surface area contributed by atoms with Crippen molar-refractivity contribution in [3.8, 4) is 0 Å². The molecule has 2 fully saturated rings. The van der Waals surface area contributed by atoms with Crippen molar-refractivity contribution in [2.45, 2.75) is 65.8 Å². The smallest absolute Gasteiger partial charge is 0.311 e. The molecule has 4 nitrogen and oxygen atoms in total. The Morgan fingerprint density at radius 2 is 1.92 bits per heavy atom. The van der Waals surface area contributed by atoms with Crippen molar-refractivity contribution in [2.24, 2.45) is 10.9 Å². The largest absolute Gasteiger partial charge is 0.466 e. The third-order valence-electron chi connectivity index (χ3n) is 5.49. The van der Waals surface area contributed by atoms with E-state index in [1.165, 1.54) is 29.5 Å². The highest BCUT2D eigenvalue weighted by atomic mass is 16.5. The van der Waals surface area contributed by atoms with Crippen LogP contribution in [0.2, 0.25) is 0 Å². The van der Waals surface area contributed by atoms with E-state index in [1.54, 1.807) is 0 Å². The van der Waals surface area contributed by atoms with Crippen molar-refractivity contribution < 1.29 is 9.53 Å². The van der Waals surface area contributed by atoms with Crippen LogP contribution in [0.3, 0.4) is 0 Å². The lowest BCUT2D eigenvalue weighted by atomic mass is 9.83. The molecule has 2 saturated heterocycles. The van der Waals surface area contributed by atoms with Crippen molar-refractivity contribution in [3.63, 3.8) is 0 Å². The fraction of sp³-hybridized carbons (Fsp3) is 0.619. The minimum absolute atomic E-state index is 0.000545. The maximum Gasteiger partial charge on any atom is 0.311 e. The van der Waals surface area contributed by atoms with Crippen LogP contribution < -0.4 is 0 Å². The van der Waals surface area contributed by atoms with Gasteiger partial charge < -0.3 is 9.64 Å². The molecule has 25 heavy (non-hydrogen) atoms. The summed E-state index contributed by atoms with van der Waals surface area (Å²) in [6.07, 6.45) is 5.13. The van der Waals surface area contributed by atoms with Crippen LogP contribution >= 0.6 is 0 Å². The van der Waals surface area contributed by atoms with E-state index in [0.29, 0.717) is 6.61 Å². The van der Waals surface area contributed by atoms with Crippen molar-refractivity contribution in [1.82, 2.24) is 4.90 Å². The molecule has 2 aliphatic rings. The Balaban J connectivity index is 1.90. The minimum Gasteiger partial charge on any atom is -0.466 e. The fourth-order valence-corrected chi connectivity index (χ4v) is 4.44. The Hall–Kier alpha value is -1.84. The third kappa shape index (κ3) is 3.73. The van der Waals surface area contributed by atoms with E-state index in [1.807, 2.05) is 6.92 Å².